The highest BCUT2D eigenvalue weighted by molar-refractivity contribution is 5.89. The van der Waals surface area contributed by atoms with Crippen LogP contribution in [0.3, 0.4) is 0 Å². The Morgan fingerprint density at radius 3 is 3.13 bits per heavy atom. The van der Waals surface area contributed by atoms with E-state index in [4.69, 9.17) is 4.74 Å². The highest BCUT2D eigenvalue weighted by atomic mass is 16.5. The average Bonchev–Trinajstić information content (AvgIpc) is 3.15. The van der Waals surface area contributed by atoms with Crippen LogP contribution in [0, 0.1) is 5.92 Å². The molecule has 1 aromatic rings. The maximum atomic E-state index is 12.3. The number of nitrogens with one attached hydrogen (secondary N) is 1. The Balaban J connectivity index is 1.77. The summed E-state index contributed by atoms with van der Waals surface area (Å²) in [4.78, 5) is 16.6. The molecule has 1 fully saturated rings. The van der Waals surface area contributed by atoms with Gasteiger partial charge in [-0.2, -0.15) is 5.10 Å². The van der Waals surface area contributed by atoms with Gasteiger partial charge in [-0.05, 0) is 32.4 Å². The maximum Gasteiger partial charge on any atom is 0.321 e. The van der Waals surface area contributed by atoms with E-state index in [1.54, 1.807) is 18.0 Å². The summed E-state index contributed by atoms with van der Waals surface area (Å²) in [6.45, 7) is 7.32. The third-order valence-corrected chi connectivity index (χ3v) is 4.16. The lowest BCUT2D eigenvalue weighted by atomic mass is 10.1. The third kappa shape index (κ3) is 5.51. The molecule has 1 saturated heterocycles. The zero-order chi connectivity index (χ0) is 16.7. The van der Waals surface area contributed by atoms with Gasteiger partial charge in [-0.15, -0.1) is 0 Å². The van der Waals surface area contributed by atoms with Crippen LogP contribution in [0.5, 0.6) is 0 Å². The highest BCUT2D eigenvalue weighted by Crippen LogP contribution is 2.18. The maximum absolute atomic E-state index is 12.3. The van der Waals surface area contributed by atoms with Gasteiger partial charge >= 0.3 is 6.03 Å². The Hall–Kier alpha value is -1.60. The van der Waals surface area contributed by atoms with Crippen molar-refractivity contribution in [3.05, 3.63) is 12.4 Å². The SMILES string of the molecule is CCCN(C)C[C@H]1CCN(C(=O)Nc2cnn(CCOC)c2)C1. The molecule has 2 heterocycles. The molecule has 0 aliphatic carbocycles. The van der Waals surface area contributed by atoms with Crippen molar-refractivity contribution < 1.29 is 9.53 Å². The molecule has 1 atom stereocenters. The molecule has 130 valence electrons. The van der Waals surface area contributed by atoms with Gasteiger partial charge in [-0.25, -0.2) is 4.79 Å². The molecule has 0 unspecified atom stereocenters. The highest BCUT2D eigenvalue weighted by Gasteiger charge is 2.27. The van der Waals surface area contributed by atoms with E-state index in [-0.39, 0.29) is 6.03 Å². The number of ether oxygens (including phenoxy) is 1. The molecule has 0 radical (unpaired) electrons. The number of aromatic nitrogens is 2. The fraction of sp³-hybridized carbons (Fsp3) is 0.750. The number of carbonyl (C=O) groups excluding carboxylic acids is 1. The van der Waals surface area contributed by atoms with Crippen LogP contribution < -0.4 is 5.32 Å². The fourth-order valence-electron chi connectivity index (χ4n) is 3.02. The van der Waals surface area contributed by atoms with Crippen molar-refractivity contribution in [3.8, 4) is 0 Å². The van der Waals surface area contributed by atoms with Gasteiger partial charge in [-0.3, -0.25) is 4.68 Å². The van der Waals surface area contributed by atoms with Crippen molar-refractivity contribution in [2.45, 2.75) is 26.3 Å². The molecule has 0 bridgehead atoms. The van der Waals surface area contributed by atoms with E-state index in [1.165, 1.54) is 6.42 Å². The molecule has 7 nitrogen and oxygen atoms in total. The van der Waals surface area contributed by atoms with E-state index in [1.807, 2.05) is 11.1 Å². The second kappa shape index (κ2) is 8.88. The largest absolute Gasteiger partial charge is 0.383 e. The third-order valence-electron chi connectivity index (χ3n) is 4.16. The standard InChI is InChI=1S/C16H29N5O2/c1-4-6-19(2)11-14-5-7-20(12-14)16(22)18-15-10-17-21(13-15)8-9-23-3/h10,13-14H,4-9,11-12H2,1-3H3,(H,18,22)/t14-/m1/s1. The van der Waals surface area contributed by atoms with Gasteiger partial charge in [-0.1, -0.05) is 6.92 Å². The van der Waals surface area contributed by atoms with Gasteiger partial charge in [0.15, 0.2) is 0 Å². The second-order valence-corrected chi connectivity index (χ2v) is 6.28. The molecule has 2 rings (SSSR count). The van der Waals surface area contributed by atoms with Gasteiger partial charge < -0.3 is 19.9 Å². The smallest absolute Gasteiger partial charge is 0.321 e. The molecular weight excluding hydrogens is 294 g/mol. The molecule has 0 aromatic carbocycles. The summed E-state index contributed by atoms with van der Waals surface area (Å²) in [7, 11) is 3.81. The van der Waals surface area contributed by atoms with Crippen molar-refractivity contribution in [2.24, 2.45) is 5.92 Å². The van der Waals surface area contributed by atoms with E-state index in [0.29, 0.717) is 19.1 Å². The number of amides is 2. The molecular formula is C16H29N5O2. The number of methoxy groups -OCH3 is 1. The number of hydrogen-bond acceptors (Lipinski definition) is 4. The lowest BCUT2D eigenvalue weighted by molar-refractivity contribution is 0.183. The molecule has 1 aromatic heterocycles. The Morgan fingerprint density at radius 1 is 1.57 bits per heavy atom. The summed E-state index contributed by atoms with van der Waals surface area (Å²) in [5, 5.41) is 7.13. The number of likely N-dealkylation sites (tertiary alicyclic amines) is 1. The predicted octanol–water partition coefficient (Wildman–Crippen LogP) is 1.73. The van der Waals surface area contributed by atoms with Gasteiger partial charge in [0.05, 0.1) is 25.0 Å². The van der Waals surface area contributed by atoms with E-state index in [0.717, 1.165) is 38.3 Å². The van der Waals surface area contributed by atoms with Crippen molar-refractivity contribution in [1.29, 1.82) is 0 Å². The summed E-state index contributed by atoms with van der Waals surface area (Å²) >= 11 is 0. The van der Waals surface area contributed by atoms with Crippen molar-refractivity contribution in [2.75, 3.05) is 52.3 Å². The van der Waals surface area contributed by atoms with Crippen molar-refractivity contribution >= 4 is 11.7 Å². The number of rotatable bonds is 8. The summed E-state index contributed by atoms with van der Waals surface area (Å²) in [5.41, 5.74) is 0.734. The predicted molar refractivity (Wildman–Crippen MR) is 90.6 cm³/mol. The molecule has 0 saturated carbocycles. The molecule has 1 aliphatic rings. The zero-order valence-corrected chi connectivity index (χ0v) is 14.5. The first-order valence-electron chi connectivity index (χ1n) is 8.38. The average molecular weight is 323 g/mol. The zero-order valence-electron chi connectivity index (χ0n) is 14.5. The van der Waals surface area contributed by atoms with Crippen LogP contribution in [0.15, 0.2) is 12.4 Å². The normalized spacial score (nSPS) is 17.9. The summed E-state index contributed by atoms with van der Waals surface area (Å²) in [5.74, 6) is 0.571. The minimum atomic E-state index is -0.0306. The summed E-state index contributed by atoms with van der Waals surface area (Å²) in [6.07, 6.45) is 5.75. The summed E-state index contributed by atoms with van der Waals surface area (Å²) in [6, 6.07) is -0.0306. The minimum Gasteiger partial charge on any atom is -0.383 e. The lowest BCUT2D eigenvalue weighted by Crippen LogP contribution is -2.34. The Morgan fingerprint density at radius 2 is 2.39 bits per heavy atom. The van der Waals surface area contributed by atoms with Crippen LogP contribution in [0.1, 0.15) is 19.8 Å². The monoisotopic (exact) mass is 323 g/mol. The van der Waals surface area contributed by atoms with Gasteiger partial charge in [0, 0.05) is 32.9 Å². The first-order chi connectivity index (χ1) is 11.1. The molecule has 1 N–H and O–H groups in total. The second-order valence-electron chi connectivity index (χ2n) is 6.28. The molecule has 0 spiro atoms. The number of nitrogens with zero attached hydrogens (tertiary/aromatic N) is 4. The van der Waals surface area contributed by atoms with Crippen LogP contribution in [0.4, 0.5) is 10.5 Å². The minimum absolute atomic E-state index is 0.0306. The topological polar surface area (TPSA) is 62.6 Å². The molecule has 23 heavy (non-hydrogen) atoms. The van der Waals surface area contributed by atoms with Crippen LogP contribution in [-0.4, -0.2) is 72.6 Å². The Kier molecular flexibility index (Phi) is 6.85. The first-order valence-corrected chi connectivity index (χ1v) is 8.38. The molecule has 1 aliphatic heterocycles. The Bertz CT molecular complexity index is 491. The van der Waals surface area contributed by atoms with Crippen LogP contribution in [0.25, 0.3) is 0 Å². The fourth-order valence-corrected chi connectivity index (χ4v) is 3.02. The van der Waals surface area contributed by atoms with Crippen LogP contribution in [0.2, 0.25) is 0 Å². The van der Waals surface area contributed by atoms with E-state index in [2.05, 4.69) is 29.3 Å². The van der Waals surface area contributed by atoms with Crippen molar-refractivity contribution in [1.82, 2.24) is 19.6 Å². The molecule has 2 amide bonds. The quantitative estimate of drug-likeness (QED) is 0.791. The van der Waals surface area contributed by atoms with Crippen LogP contribution >= 0.6 is 0 Å². The number of carbonyl (C=O) groups is 1. The van der Waals surface area contributed by atoms with Gasteiger partial charge in [0.1, 0.15) is 0 Å². The lowest BCUT2D eigenvalue weighted by Gasteiger charge is -2.21. The summed E-state index contributed by atoms with van der Waals surface area (Å²) < 4.78 is 6.79. The van der Waals surface area contributed by atoms with E-state index < -0.39 is 0 Å². The van der Waals surface area contributed by atoms with Gasteiger partial charge in [0.2, 0.25) is 0 Å². The van der Waals surface area contributed by atoms with E-state index in [9.17, 15) is 4.79 Å². The number of urea groups is 1. The van der Waals surface area contributed by atoms with Crippen LogP contribution in [-0.2, 0) is 11.3 Å². The number of hydrogen-bond donors (Lipinski definition) is 1. The number of anilines is 1. The van der Waals surface area contributed by atoms with Crippen molar-refractivity contribution in [3.63, 3.8) is 0 Å². The van der Waals surface area contributed by atoms with E-state index >= 15 is 0 Å². The van der Waals surface area contributed by atoms with Gasteiger partial charge in [0.25, 0.3) is 0 Å². The first kappa shape index (κ1) is 17.7. The molecule has 7 heteroatoms. The Labute approximate surface area is 138 Å².